The number of thioether (sulfide) groups is 1. The molecule has 0 spiro atoms. The maximum atomic E-state index is 4.69. The number of rotatable bonds is 9. The Labute approximate surface area is 158 Å². The molecular weight excluding hydrogens is 322 g/mol. The van der Waals surface area contributed by atoms with Crippen LogP contribution in [0.25, 0.3) is 4.91 Å². The molecule has 1 nitrogen and oxygen atoms in total. The van der Waals surface area contributed by atoms with Crippen molar-refractivity contribution in [2.75, 3.05) is 0 Å². The van der Waals surface area contributed by atoms with Crippen LogP contribution in [-0.2, 0) is 6.42 Å². The third-order valence-electron chi connectivity index (χ3n) is 4.72. The van der Waals surface area contributed by atoms with Crippen LogP contribution in [-0.4, -0.2) is 5.71 Å². The summed E-state index contributed by atoms with van der Waals surface area (Å²) in [5, 5.41) is 1.91. The van der Waals surface area contributed by atoms with Gasteiger partial charge in [-0.3, -0.25) is 4.99 Å². The van der Waals surface area contributed by atoms with Crippen molar-refractivity contribution in [2.45, 2.75) is 53.4 Å². The number of unbranched alkanes of at least 4 members (excludes halogenated alkanes) is 1. The smallest absolute Gasteiger partial charge is 0.0279 e. The van der Waals surface area contributed by atoms with Crippen LogP contribution in [0.5, 0.6) is 0 Å². The molecule has 1 heterocycles. The molecule has 0 amide bonds. The number of hydrogen-bond donors (Lipinski definition) is 0. The molecule has 2 rings (SSSR count). The first-order chi connectivity index (χ1) is 12.1. The second-order valence-electron chi connectivity index (χ2n) is 7.06. The second-order valence-corrected chi connectivity index (χ2v) is 8.04. The topological polar surface area (TPSA) is 12.4 Å². The minimum Gasteiger partial charge on any atom is -0.265 e. The number of nitrogens with zero attached hydrogens (tertiary/aromatic N) is 1. The molecule has 25 heavy (non-hydrogen) atoms. The second kappa shape index (κ2) is 9.82. The van der Waals surface area contributed by atoms with E-state index in [1.165, 1.54) is 46.6 Å². The Morgan fingerprint density at radius 3 is 2.84 bits per heavy atom. The van der Waals surface area contributed by atoms with Crippen LogP contribution in [0, 0.1) is 11.8 Å². The molecule has 0 aliphatic carbocycles. The molecular formula is C23H31NS. The predicted molar refractivity (Wildman–Crippen MR) is 115 cm³/mol. The van der Waals surface area contributed by atoms with Gasteiger partial charge in [0.05, 0.1) is 0 Å². The van der Waals surface area contributed by atoms with E-state index < -0.39 is 0 Å². The van der Waals surface area contributed by atoms with Crippen molar-refractivity contribution >= 4 is 22.4 Å². The first-order valence-corrected chi connectivity index (χ1v) is 10.2. The standard InChI is InChI=1S/C23H31NS/c1-6-8-10-18(5)22-20(13-14-24-22)15-19-11-9-12-21(16-19)23(17(3)4)25-7-2/h7,9,11-14,16,18,20H,2,6,8,10,15H2,1,3-5H3. The lowest BCUT2D eigenvalue weighted by molar-refractivity contribution is 0.604. The molecule has 1 aromatic rings. The van der Waals surface area contributed by atoms with E-state index in [-0.39, 0.29) is 0 Å². The van der Waals surface area contributed by atoms with Crippen molar-refractivity contribution in [1.29, 1.82) is 0 Å². The van der Waals surface area contributed by atoms with E-state index in [1.807, 2.05) is 11.6 Å². The summed E-state index contributed by atoms with van der Waals surface area (Å²) in [6.45, 7) is 12.8. The maximum absolute atomic E-state index is 4.69. The van der Waals surface area contributed by atoms with Gasteiger partial charge in [-0.2, -0.15) is 0 Å². The van der Waals surface area contributed by atoms with Crippen molar-refractivity contribution in [3.05, 3.63) is 65.2 Å². The average Bonchev–Trinajstić information content (AvgIpc) is 3.05. The summed E-state index contributed by atoms with van der Waals surface area (Å²) in [4.78, 5) is 6.00. The molecule has 2 heteroatoms. The van der Waals surface area contributed by atoms with Gasteiger partial charge >= 0.3 is 0 Å². The lowest BCUT2D eigenvalue weighted by Crippen LogP contribution is -2.20. The maximum Gasteiger partial charge on any atom is 0.0279 e. The van der Waals surface area contributed by atoms with E-state index in [2.05, 4.69) is 64.6 Å². The van der Waals surface area contributed by atoms with E-state index in [4.69, 9.17) is 4.99 Å². The van der Waals surface area contributed by atoms with Gasteiger partial charge in [0.1, 0.15) is 0 Å². The fraction of sp³-hybridized carbons (Fsp3) is 0.435. The highest BCUT2D eigenvalue weighted by molar-refractivity contribution is 8.10. The van der Waals surface area contributed by atoms with Crippen molar-refractivity contribution < 1.29 is 0 Å². The highest BCUT2D eigenvalue weighted by Crippen LogP contribution is 2.32. The molecule has 0 radical (unpaired) electrons. The Hall–Kier alpha value is -1.54. The van der Waals surface area contributed by atoms with Crippen LogP contribution in [0.4, 0.5) is 0 Å². The molecule has 1 aromatic carbocycles. The van der Waals surface area contributed by atoms with Gasteiger partial charge < -0.3 is 0 Å². The largest absolute Gasteiger partial charge is 0.265 e. The summed E-state index contributed by atoms with van der Waals surface area (Å²) in [5.41, 5.74) is 5.37. The molecule has 2 atom stereocenters. The molecule has 0 saturated carbocycles. The molecule has 0 fully saturated rings. The van der Waals surface area contributed by atoms with Crippen molar-refractivity contribution in [3.8, 4) is 0 Å². The number of aliphatic imine (C=N–C) groups is 1. The zero-order chi connectivity index (χ0) is 18.2. The molecule has 0 aromatic heterocycles. The fourth-order valence-electron chi connectivity index (χ4n) is 3.40. The van der Waals surface area contributed by atoms with Gasteiger partial charge in [0.25, 0.3) is 0 Å². The van der Waals surface area contributed by atoms with Crippen molar-refractivity contribution in [2.24, 2.45) is 16.8 Å². The predicted octanol–water partition coefficient (Wildman–Crippen LogP) is 7.27. The van der Waals surface area contributed by atoms with Crippen LogP contribution in [0.1, 0.15) is 58.1 Å². The molecule has 1 aliphatic rings. The number of benzene rings is 1. The molecule has 0 saturated heterocycles. The Morgan fingerprint density at radius 2 is 2.16 bits per heavy atom. The van der Waals surface area contributed by atoms with E-state index >= 15 is 0 Å². The minimum atomic E-state index is 0.448. The summed E-state index contributed by atoms with van der Waals surface area (Å²) in [7, 11) is 0. The third kappa shape index (κ3) is 5.47. The van der Waals surface area contributed by atoms with Gasteiger partial charge in [-0.1, -0.05) is 80.9 Å². The van der Waals surface area contributed by atoms with Crippen LogP contribution in [0.3, 0.4) is 0 Å². The molecule has 0 N–H and O–H groups in total. The SMILES string of the molecule is C=CSC(=C(C)C)c1cccc(CC2C=CN=C2C(C)CCCC)c1. The Kier molecular flexibility index (Phi) is 7.77. The van der Waals surface area contributed by atoms with E-state index in [1.54, 1.807) is 11.8 Å². The van der Waals surface area contributed by atoms with Crippen molar-refractivity contribution in [1.82, 2.24) is 0 Å². The van der Waals surface area contributed by atoms with E-state index in [0.717, 1.165) is 6.42 Å². The van der Waals surface area contributed by atoms with Crippen LogP contribution >= 0.6 is 11.8 Å². The molecule has 2 unspecified atom stereocenters. The van der Waals surface area contributed by atoms with E-state index in [9.17, 15) is 0 Å². The van der Waals surface area contributed by atoms with Gasteiger partial charge in [-0.25, -0.2) is 0 Å². The molecule has 0 bridgehead atoms. The Bertz CT molecular complexity index is 677. The van der Waals surface area contributed by atoms with Crippen molar-refractivity contribution in [3.63, 3.8) is 0 Å². The zero-order valence-corrected chi connectivity index (χ0v) is 16.9. The monoisotopic (exact) mass is 353 g/mol. The van der Waals surface area contributed by atoms with Crippen LogP contribution < -0.4 is 0 Å². The summed E-state index contributed by atoms with van der Waals surface area (Å²) in [5.74, 6) is 1.03. The third-order valence-corrected chi connectivity index (χ3v) is 5.76. The average molecular weight is 354 g/mol. The quantitative estimate of drug-likeness (QED) is 0.455. The first kappa shape index (κ1) is 19.8. The number of hydrogen-bond acceptors (Lipinski definition) is 2. The van der Waals surface area contributed by atoms with Gasteiger partial charge in [0.15, 0.2) is 0 Å². The molecule has 1 aliphatic heterocycles. The minimum absolute atomic E-state index is 0.448. The number of allylic oxidation sites excluding steroid dienone is 2. The zero-order valence-electron chi connectivity index (χ0n) is 16.1. The Morgan fingerprint density at radius 1 is 1.36 bits per heavy atom. The van der Waals surface area contributed by atoms with Gasteiger partial charge in [0.2, 0.25) is 0 Å². The summed E-state index contributed by atoms with van der Waals surface area (Å²) in [6, 6.07) is 8.95. The lowest BCUT2D eigenvalue weighted by Gasteiger charge is -2.19. The summed E-state index contributed by atoms with van der Waals surface area (Å²) in [6.07, 6.45) is 9.08. The van der Waals surface area contributed by atoms with E-state index in [0.29, 0.717) is 11.8 Å². The van der Waals surface area contributed by atoms with Gasteiger partial charge in [-0.05, 0) is 49.1 Å². The summed E-state index contributed by atoms with van der Waals surface area (Å²) < 4.78 is 0. The highest BCUT2D eigenvalue weighted by atomic mass is 32.2. The molecule has 134 valence electrons. The van der Waals surface area contributed by atoms with Crippen LogP contribution in [0.2, 0.25) is 0 Å². The highest BCUT2D eigenvalue weighted by Gasteiger charge is 2.22. The first-order valence-electron chi connectivity index (χ1n) is 9.35. The van der Waals surface area contributed by atoms with Crippen LogP contribution in [0.15, 0.2) is 59.1 Å². The lowest BCUT2D eigenvalue weighted by atomic mass is 9.86. The van der Waals surface area contributed by atoms with Gasteiger partial charge in [0, 0.05) is 22.7 Å². The Balaban J connectivity index is 2.14. The van der Waals surface area contributed by atoms with Gasteiger partial charge in [-0.15, -0.1) is 0 Å². The summed E-state index contributed by atoms with van der Waals surface area (Å²) >= 11 is 1.71. The fourth-order valence-corrected chi connectivity index (χ4v) is 4.07. The normalized spacial score (nSPS) is 17.3.